The summed E-state index contributed by atoms with van der Waals surface area (Å²) in [4.78, 5) is 0. The van der Waals surface area contributed by atoms with Crippen LogP contribution in [-0.4, -0.2) is 0 Å². The molecule has 0 fully saturated rings. The number of hydrogen-bond donors (Lipinski definition) is 0. The highest BCUT2D eigenvalue weighted by atomic mass is 19.4. The summed E-state index contributed by atoms with van der Waals surface area (Å²) in [6, 6.07) is 6.06. The SMILES string of the molecule is FC(c1ccc(C(F)(F)F)cc1)C(F)c1ccccc1C(F)(F)F. The molecule has 2 rings (SSSR count). The molecule has 0 radical (unpaired) electrons. The third-order valence-electron chi connectivity index (χ3n) is 3.38. The number of benzene rings is 2. The van der Waals surface area contributed by atoms with E-state index in [2.05, 4.69) is 0 Å². The van der Waals surface area contributed by atoms with Gasteiger partial charge in [-0.1, -0.05) is 30.3 Å². The van der Waals surface area contributed by atoms with E-state index in [1.54, 1.807) is 0 Å². The first-order chi connectivity index (χ1) is 11.0. The molecule has 0 amide bonds. The molecule has 0 aliphatic heterocycles. The van der Waals surface area contributed by atoms with Gasteiger partial charge in [0.2, 0.25) is 0 Å². The predicted molar refractivity (Wildman–Crippen MR) is 70.6 cm³/mol. The van der Waals surface area contributed by atoms with Gasteiger partial charge in [0, 0.05) is 5.56 Å². The zero-order valence-corrected chi connectivity index (χ0v) is 11.8. The van der Waals surface area contributed by atoms with Crippen molar-refractivity contribution in [3.8, 4) is 0 Å². The van der Waals surface area contributed by atoms with E-state index in [1.807, 2.05) is 0 Å². The van der Waals surface area contributed by atoms with Gasteiger partial charge in [0.15, 0.2) is 12.3 Å². The van der Waals surface area contributed by atoms with Crippen LogP contribution in [0.15, 0.2) is 48.5 Å². The molecular formula is C16H10F8. The van der Waals surface area contributed by atoms with Crippen LogP contribution in [0.25, 0.3) is 0 Å². The average Bonchev–Trinajstić information content (AvgIpc) is 2.52. The summed E-state index contributed by atoms with van der Waals surface area (Å²) in [5.74, 6) is 0. The zero-order valence-electron chi connectivity index (χ0n) is 11.8. The molecule has 0 aliphatic rings. The highest BCUT2D eigenvalue weighted by Gasteiger charge is 2.38. The van der Waals surface area contributed by atoms with E-state index in [0.29, 0.717) is 30.3 Å². The van der Waals surface area contributed by atoms with Crippen molar-refractivity contribution in [3.63, 3.8) is 0 Å². The Labute approximate surface area is 131 Å². The van der Waals surface area contributed by atoms with Crippen LogP contribution in [0.3, 0.4) is 0 Å². The Morgan fingerprint density at radius 1 is 0.625 bits per heavy atom. The first-order valence-corrected chi connectivity index (χ1v) is 6.63. The Hall–Kier alpha value is -2.12. The van der Waals surface area contributed by atoms with Crippen LogP contribution in [0.5, 0.6) is 0 Å². The molecule has 2 atom stereocenters. The molecule has 0 N–H and O–H groups in total. The van der Waals surface area contributed by atoms with Crippen molar-refractivity contribution in [2.75, 3.05) is 0 Å². The second-order valence-corrected chi connectivity index (χ2v) is 5.01. The molecule has 0 saturated carbocycles. The molecular weight excluding hydrogens is 344 g/mol. The highest BCUT2D eigenvalue weighted by molar-refractivity contribution is 5.35. The minimum absolute atomic E-state index is 0.479. The van der Waals surface area contributed by atoms with Gasteiger partial charge in [-0.3, -0.25) is 0 Å². The second-order valence-electron chi connectivity index (χ2n) is 5.01. The van der Waals surface area contributed by atoms with E-state index < -0.39 is 46.9 Å². The van der Waals surface area contributed by atoms with E-state index in [-0.39, 0.29) is 0 Å². The van der Waals surface area contributed by atoms with Gasteiger partial charge in [0.25, 0.3) is 0 Å². The molecule has 24 heavy (non-hydrogen) atoms. The summed E-state index contributed by atoms with van der Waals surface area (Å²) in [5.41, 5.74) is -3.78. The van der Waals surface area contributed by atoms with Gasteiger partial charge < -0.3 is 0 Å². The summed E-state index contributed by atoms with van der Waals surface area (Å²) in [5, 5.41) is 0. The standard InChI is InChI=1S/C16H10F8/c17-13(9-5-7-10(8-6-9)15(19,20)21)14(18)11-3-1-2-4-12(11)16(22,23)24/h1-8,13-14H. The van der Waals surface area contributed by atoms with Crippen molar-refractivity contribution in [3.05, 3.63) is 70.8 Å². The van der Waals surface area contributed by atoms with Gasteiger partial charge >= 0.3 is 12.4 Å². The molecule has 0 saturated heterocycles. The topological polar surface area (TPSA) is 0 Å². The first-order valence-electron chi connectivity index (χ1n) is 6.63. The molecule has 0 spiro atoms. The van der Waals surface area contributed by atoms with Crippen molar-refractivity contribution in [2.45, 2.75) is 24.7 Å². The van der Waals surface area contributed by atoms with Crippen molar-refractivity contribution >= 4 is 0 Å². The van der Waals surface area contributed by atoms with Gasteiger partial charge in [0.05, 0.1) is 11.1 Å². The first kappa shape index (κ1) is 18.2. The number of halogens is 8. The van der Waals surface area contributed by atoms with E-state index in [4.69, 9.17) is 0 Å². The molecule has 8 heteroatoms. The average molecular weight is 354 g/mol. The normalized spacial score (nSPS) is 15.2. The van der Waals surface area contributed by atoms with Crippen LogP contribution >= 0.6 is 0 Å². The molecule has 2 aromatic carbocycles. The number of hydrogen-bond acceptors (Lipinski definition) is 0. The third-order valence-corrected chi connectivity index (χ3v) is 3.38. The monoisotopic (exact) mass is 354 g/mol. The Morgan fingerprint density at radius 2 is 1.17 bits per heavy atom. The van der Waals surface area contributed by atoms with Crippen LogP contribution in [0.2, 0.25) is 0 Å². The molecule has 0 aliphatic carbocycles. The maximum Gasteiger partial charge on any atom is 0.416 e. The van der Waals surface area contributed by atoms with Crippen LogP contribution in [0, 0.1) is 0 Å². The van der Waals surface area contributed by atoms with Gasteiger partial charge in [-0.05, 0) is 23.8 Å². The lowest BCUT2D eigenvalue weighted by atomic mass is 9.96. The maximum absolute atomic E-state index is 14.2. The van der Waals surface area contributed by atoms with Crippen LogP contribution in [-0.2, 0) is 12.4 Å². The van der Waals surface area contributed by atoms with E-state index in [9.17, 15) is 35.1 Å². The van der Waals surface area contributed by atoms with Crippen molar-refractivity contribution in [1.29, 1.82) is 0 Å². The maximum atomic E-state index is 14.2. The largest absolute Gasteiger partial charge is 0.416 e. The minimum atomic E-state index is -4.87. The number of rotatable bonds is 3. The minimum Gasteiger partial charge on any atom is -0.239 e. The fraction of sp³-hybridized carbons (Fsp3) is 0.250. The van der Waals surface area contributed by atoms with Gasteiger partial charge in [-0.25, -0.2) is 8.78 Å². The lowest BCUT2D eigenvalue weighted by Crippen LogP contribution is -2.13. The Kier molecular flexibility index (Phi) is 4.87. The predicted octanol–water partition coefficient (Wildman–Crippen LogP) is 6.45. The van der Waals surface area contributed by atoms with E-state index >= 15 is 0 Å². The smallest absolute Gasteiger partial charge is 0.239 e. The Bertz CT molecular complexity index is 684. The summed E-state index contributed by atoms with van der Waals surface area (Å²) < 4.78 is 104. The summed E-state index contributed by atoms with van der Waals surface area (Å²) in [7, 11) is 0. The van der Waals surface area contributed by atoms with Crippen LogP contribution in [0.1, 0.15) is 34.6 Å². The molecule has 2 aromatic rings. The fourth-order valence-electron chi connectivity index (χ4n) is 2.18. The van der Waals surface area contributed by atoms with Crippen LogP contribution < -0.4 is 0 Å². The molecule has 0 heterocycles. The Morgan fingerprint density at radius 3 is 1.67 bits per heavy atom. The van der Waals surface area contributed by atoms with E-state index in [1.165, 1.54) is 0 Å². The molecule has 0 nitrogen and oxygen atoms in total. The summed E-state index contributed by atoms with van der Waals surface area (Å²) in [6.45, 7) is 0. The summed E-state index contributed by atoms with van der Waals surface area (Å²) >= 11 is 0. The van der Waals surface area contributed by atoms with Gasteiger partial charge in [-0.15, -0.1) is 0 Å². The quantitative estimate of drug-likeness (QED) is 0.556. The molecule has 2 unspecified atom stereocenters. The van der Waals surface area contributed by atoms with Gasteiger partial charge in [0.1, 0.15) is 0 Å². The molecule has 130 valence electrons. The molecule has 0 aromatic heterocycles. The lowest BCUT2D eigenvalue weighted by molar-refractivity contribution is -0.139. The molecule has 0 bridgehead atoms. The van der Waals surface area contributed by atoms with Crippen LogP contribution in [0.4, 0.5) is 35.1 Å². The third kappa shape index (κ3) is 3.85. The summed E-state index contributed by atoms with van der Waals surface area (Å²) in [6.07, 6.45) is -14.7. The zero-order chi connectivity index (χ0) is 18.1. The van der Waals surface area contributed by atoms with Crippen molar-refractivity contribution in [1.82, 2.24) is 0 Å². The lowest BCUT2D eigenvalue weighted by Gasteiger charge is -2.19. The highest BCUT2D eigenvalue weighted by Crippen LogP contribution is 2.42. The van der Waals surface area contributed by atoms with E-state index in [0.717, 1.165) is 18.2 Å². The fourth-order valence-corrected chi connectivity index (χ4v) is 2.18. The van der Waals surface area contributed by atoms with Crippen molar-refractivity contribution < 1.29 is 35.1 Å². The van der Waals surface area contributed by atoms with Crippen molar-refractivity contribution in [2.24, 2.45) is 0 Å². The van der Waals surface area contributed by atoms with Gasteiger partial charge in [-0.2, -0.15) is 26.3 Å². The Balaban J connectivity index is 2.32. The number of alkyl halides is 8. The second kappa shape index (κ2) is 6.41.